The van der Waals surface area contributed by atoms with Crippen LogP contribution in [-0.4, -0.2) is 13.7 Å². The lowest BCUT2D eigenvalue weighted by Gasteiger charge is -2.10. The Hall–Kier alpha value is -1.91. The molecule has 0 aliphatic heterocycles. The predicted octanol–water partition coefficient (Wildman–Crippen LogP) is 3.07. The van der Waals surface area contributed by atoms with Gasteiger partial charge in [-0.25, -0.2) is 0 Å². The number of benzene rings is 2. The van der Waals surface area contributed by atoms with Gasteiger partial charge in [0.05, 0.1) is 0 Å². The molecule has 0 saturated heterocycles. The topological polar surface area (TPSA) is 55.9 Å². The maximum absolute atomic E-state index is 11.2. The quantitative estimate of drug-likeness (QED) is 0.716. The second-order valence-corrected chi connectivity index (χ2v) is 4.91. The first-order valence-electron chi connectivity index (χ1n) is 5.52. The van der Waals surface area contributed by atoms with E-state index in [1.807, 2.05) is 36.4 Å². The van der Waals surface area contributed by atoms with Crippen molar-refractivity contribution in [3.63, 3.8) is 0 Å². The Labute approximate surface area is 107 Å². The molecule has 0 spiro atoms. The average molecular weight is 256 g/mol. The van der Waals surface area contributed by atoms with Gasteiger partial charge in [-0.1, -0.05) is 36.4 Å². The van der Waals surface area contributed by atoms with E-state index in [1.54, 1.807) is 18.2 Å². The van der Waals surface area contributed by atoms with Gasteiger partial charge in [0, 0.05) is 27.1 Å². The first-order chi connectivity index (χ1) is 8.75. The maximum atomic E-state index is 11.2. The molecule has 0 fully saturated rings. The Morgan fingerprint density at radius 3 is 2.50 bits per heavy atom. The van der Waals surface area contributed by atoms with Crippen molar-refractivity contribution in [1.82, 2.24) is 4.98 Å². The molecule has 0 radical (unpaired) electrons. The summed E-state index contributed by atoms with van der Waals surface area (Å²) in [6.45, 7) is 0. The van der Waals surface area contributed by atoms with Crippen LogP contribution in [0.2, 0.25) is 0 Å². The van der Waals surface area contributed by atoms with Crippen LogP contribution in [0.1, 0.15) is 0 Å². The van der Waals surface area contributed by atoms with Gasteiger partial charge in [0.15, 0.2) is 0 Å². The molecular weight excluding hydrogens is 246 g/mol. The second-order valence-electron chi connectivity index (χ2n) is 4.00. The average Bonchev–Trinajstić information content (AvgIpc) is 2.82. The smallest absolute Gasteiger partial charge is 0.0476 e. The van der Waals surface area contributed by atoms with Crippen LogP contribution in [0.5, 0.6) is 0 Å². The first kappa shape index (κ1) is 11.2. The molecular formula is C14H10NO2S-. The number of fused-ring (bicyclic) bond motifs is 1. The van der Waals surface area contributed by atoms with Crippen molar-refractivity contribution in [2.75, 3.05) is 0 Å². The molecule has 2 aromatic carbocycles. The molecule has 4 heteroatoms. The highest BCUT2D eigenvalue weighted by Crippen LogP contribution is 2.28. The summed E-state index contributed by atoms with van der Waals surface area (Å²) in [5.74, 6) is 0. The summed E-state index contributed by atoms with van der Waals surface area (Å²) in [5.41, 5.74) is 2.51. The van der Waals surface area contributed by atoms with E-state index in [4.69, 9.17) is 0 Å². The van der Waals surface area contributed by atoms with Crippen molar-refractivity contribution in [2.24, 2.45) is 0 Å². The maximum Gasteiger partial charge on any atom is 0.0476 e. The predicted molar refractivity (Wildman–Crippen MR) is 70.9 cm³/mol. The lowest BCUT2D eigenvalue weighted by Crippen LogP contribution is -1.92. The summed E-state index contributed by atoms with van der Waals surface area (Å²) in [6, 6.07) is 16.8. The number of aromatic amines is 1. The molecule has 3 aromatic rings. The highest BCUT2D eigenvalue weighted by atomic mass is 32.2. The molecule has 0 amide bonds. The summed E-state index contributed by atoms with van der Waals surface area (Å²) in [6.07, 6.45) is 0. The third kappa shape index (κ3) is 1.85. The van der Waals surface area contributed by atoms with E-state index in [1.165, 1.54) is 0 Å². The van der Waals surface area contributed by atoms with E-state index in [-0.39, 0.29) is 0 Å². The highest BCUT2D eigenvalue weighted by Gasteiger charge is 2.07. The molecule has 3 nitrogen and oxygen atoms in total. The SMILES string of the molecule is O=S([O-])c1ccccc1-c1cc2ccccc2[nH]1. The van der Waals surface area contributed by atoms with E-state index in [0.29, 0.717) is 10.5 Å². The van der Waals surface area contributed by atoms with E-state index in [2.05, 4.69) is 4.98 Å². The number of nitrogens with one attached hydrogen (secondary N) is 1. The minimum Gasteiger partial charge on any atom is -0.768 e. The zero-order chi connectivity index (χ0) is 12.5. The molecule has 1 heterocycles. The third-order valence-electron chi connectivity index (χ3n) is 2.89. The summed E-state index contributed by atoms with van der Waals surface area (Å²) in [7, 11) is 0. The van der Waals surface area contributed by atoms with Crippen molar-refractivity contribution in [2.45, 2.75) is 4.90 Å². The van der Waals surface area contributed by atoms with Crippen LogP contribution in [0, 0.1) is 0 Å². The minimum absolute atomic E-state index is 0.309. The number of aromatic nitrogens is 1. The summed E-state index contributed by atoms with van der Waals surface area (Å²) in [5, 5.41) is 1.07. The van der Waals surface area contributed by atoms with Crippen molar-refractivity contribution in [3.05, 3.63) is 54.6 Å². The zero-order valence-corrected chi connectivity index (χ0v) is 10.2. The summed E-state index contributed by atoms with van der Waals surface area (Å²) in [4.78, 5) is 3.54. The largest absolute Gasteiger partial charge is 0.768 e. The van der Waals surface area contributed by atoms with E-state index in [0.717, 1.165) is 16.6 Å². The van der Waals surface area contributed by atoms with Crippen LogP contribution in [0.3, 0.4) is 0 Å². The molecule has 3 rings (SSSR count). The highest BCUT2D eigenvalue weighted by molar-refractivity contribution is 7.79. The third-order valence-corrected chi connectivity index (χ3v) is 3.60. The fourth-order valence-corrected chi connectivity index (χ4v) is 2.60. The Morgan fingerprint density at radius 2 is 1.72 bits per heavy atom. The standard InChI is InChI=1S/C14H11NO2S/c16-18(17)14-8-4-2-6-11(14)13-9-10-5-1-3-7-12(10)15-13/h1-9,15H,(H,16,17)/p-1. The van der Waals surface area contributed by atoms with Gasteiger partial charge in [0.2, 0.25) is 0 Å². The first-order valence-corrected chi connectivity index (χ1v) is 6.59. The van der Waals surface area contributed by atoms with Crippen molar-refractivity contribution >= 4 is 22.0 Å². The van der Waals surface area contributed by atoms with Crippen LogP contribution in [-0.2, 0) is 11.1 Å². The van der Waals surface area contributed by atoms with Gasteiger partial charge in [0.1, 0.15) is 0 Å². The van der Waals surface area contributed by atoms with Gasteiger partial charge in [0.25, 0.3) is 0 Å². The minimum atomic E-state index is -2.23. The van der Waals surface area contributed by atoms with Gasteiger partial charge in [-0.05, 0) is 29.3 Å². The monoisotopic (exact) mass is 256 g/mol. The molecule has 90 valence electrons. The number of hydrogen-bond acceptors (Lipinski definition) is 2. The van der Waals surface area contributed by atoms with Gasteiger partial charge < -0.3 is 9.54 Å². The van der Waals surface area contributed by atoms with Crippen LogP contribution in [0.4, 0.5) is 0 Å². The Kier molecular flexibility index (Phi) is 2.74. The molecule has 18 heavy (non-hydrogen) atoms. The Balaban J connectivity index is 2.23. The van der Waals surface area contributed by atoms with E-state index in [9.17, 15) is 8.76 Å². The van der Waals surface area contributed by atoms with Crippen LogP contribution in [0.25, 0.3) is 22.2 Å². The molecule has 0 saturated carbocycles. The second kappa shape index (κ2) is 4.40. The van der Waals surface area contributed by atoms with Crippen LogP contribution >= 0.6 is 0 Å². The van der Waals surface area contributed by atoms with Crippen LogP contribution in [0.15, 0.2) is 59.5 Å². The summed E-state index contributed by atoms with van der Waals surface area (Å²) >= 11 is -2.23. The Morgan fingerprint density at radius 1 is 1.00 bits per heavy atom. The van der Waals surface area contributed by atoms with Crippen molar-refractivity contribution in [3.8, 4) is 11.3 Å². The zero-order valence-electron chi connectivity index (χ0n) is 9.42. The van der Waals surface area contributed by atoms with Gasteiger partial charge in [-0.2, -0.15) is 0 Å². The fourth-order valence-electron chi connectivity index (χ4n) is 2.05. The number of rotatable bonds is 2. The van der Waals surface area contributed by atoms with Crippen molar-refractivity contribution in [1.29, 1.82) is 0 Å². The molecule has 0 aliphatic carbocycles. The molecule has 1 unspecified atom stereocenters. The van der Waals surface area contributed by atoms with E-state index < -0.39 is 11.1 Å². The van der Waals surface area contributed by atoms with Crippen molar-refractivity contribution < 1.29 is 8.76 Å². The summed E-state index contributed by atoms with van der Waals surface area (Å²) < 4.78 is 22.4. The lowest BCUT2D eigenvalue weighted by atomic mass is 10.1. The molecule has 1 N–H and O–H groups in total. The van der Waals surface area contributed by atoms with Gasteiger partial charge >= 0.3 is 0 Å². The molecule has 1 aromatic heterocycles. The fraction of sp³-hybridized carbons (Fsp3) is 0. The van der Waals surface area contributed by atoms with E-state index >= 15 is 0 Å². The molecule has 0 aliphatic rings. The number of para-hydroxylation sites is 1. The lowest BCUT2D eigenvalue weighted by molar-refractivity contribution is 0.537. The number of H-pyrrole nitrogens is 1. The normalized spacial score (nSPS) is 12.7. The van der Waals surface area contributed by atoms with Gasteiger partial charge in [-0.3, -0.25) is 4.21 Å². The molecule has 0 bridgehead atoms. The Bertz CT molecular complexity index is 700. The molecule has 1 atom stereocenters. The number of hydrogen-bond donors (Lipinski definition) is 1. The van der Waals surface area contributed by atoms with Gasteiger partial charge in [-0.15, -0.1) is 0 Å². The van der Waals surface area contributed by atoms with Crippen LogP contribution < -0.4 is 0 Å².